The molecule has 0 aliphatic carbocycles. The van der Waals surface area contributed by atoms with E-state index in [1.54, 1.807) is 42.4 Å². The number of hydrogen-bond acceptors (Lipinski definition) is 4. The first-order valence-corrected chi connectivity index (χ1v) is 7.64. The van der Waals surface area contributed by atoms with Gasteiger partial charge in [0.05, 0.1) is 36.3 Å². The summed E-state index contributed by atoms with van der Waals surface area (Å²) in [5.41, 5.74) is 1.81. The second-order valence-corrected chi connectivity index (χ2v) is 5.68. The van der Waals surface area contributed by atoms with E-state index >= 15 is 0 Å². The van der Waals surface area contributed by atoms with E-state index in [1.807, 2.05) is 16.8 Å². The normalized spacial score (nSPS) is 16.2. The Morgan fingerprint density at radius 1 is 1.42 bits per heavy atom. The molecule has 1 aromatic heterocycles. The molecule has 0 saturated heterocycles. The third-order valence-corrected chi connectivity index (χ3v) is 4.11. The molecule has 0 radical (unpaired) electrons. The number of carbonyl (C=O) groups is 2. The number of aromatic nitrogens is 2. The number of amides is 2. The van der Waals surface area contributed by atoms with E-state index in [-0.39, 0.29) is 24.3 Å². The molecule has 0 bridgehead atoms. The summed E-state index contributed by atoms with van der Waals surface area (Å²) in [6.45, 7) is 0.831. The van der Waals surface area contributed by atoms with Crippen molar-refractivity contribution in [2.75, 3.05) is 13.6 Å². The fourth-order valence-corrected chi connectivity index (χ4v) is 2.91. The highest BCUT2D eigenvalue weighted by atomic mass is 16.2. The van der Waals surface area contributed by atoms with Crippen LogP contribution < -0.4 is 5.32 Å². The first-order valence-electron chi connectivity index (χ1n) is 7.64. The third-order valence-electron chi connectivity index (χ3n) is 4.11. The monoisotopic (exact) mass is 323 g/mol. The SMILES string of the molecule is CNC(=O)CC1CN(C(=O)c2cccc(C#N)c2)Cc2ccnn21. The van der Waals surface area contributed by atoms with E-state index in [0.717, 1.165) is 5.69 Å². The van der Waals surface area contributed by atoms with Crippen LogP contribution in [0.4, 0.5) is 0 Å². The van der Waals surface area contributed by atoms with Gasteiger partial charge >= 0.3 is 0 Å². The summed E-state index contributed by atoms with van der Waals surface area (Å²) < 4.78 is 1.81. The van der Waals surface area contributed by atoms with Crippen molar-refractivity contribution >= 4 is 11.8 Å². The van der Waals surface area contributed by atoms with Crippen molar-refractivity contribution in [3.05, 3.63) is 53.3 Å². The molecule has 7 nitrogen and oxygen atoms in total. The molecule has 2 heterocycles. The summed E-state index contributed by atoms with van der Waals surface area (Å²) in [7, 11) is 1.59. The highest BCUT2D eigenvalue weighted by Gasteiger charge is 2.30. The lowest BCUT2D eigenvalue weighted by molar-refractivity contribution is -0.121. The van der Waals surface area contributed by atoms with E-state index in [1.165, 1.54) is 0 Å². The highest BCUT2D eigenvalue weighted by molar-refractivity contribution is 5.94. The number of rotatable bonds is 3. The number of nitrogens with zero attached hydrogens (tertiary/aromatic N) is 4. The predicted molar refractivity (Wildman–Crippen MR) is 85.8 cm³/mol. The van der Waals surface area contributed by atoms with Crippen LogP contribution in [0.3, 0.4) is 0 Å². The largest absolute Gasteiger partial charge is 0.359 e. The van der Waals surface area contributed by atoms with Gasteiger partial charge in [0.2, 0.25) is 5.91 Å². The Labute approximate surface area is 139 Å². The molecule has 1 atom stereocenters. The minimum Gasteiger partial charge on any atom is -0.359 e. The number of nitriles is 1. The first kappa shape index (κ1) is 15.7. The van der Waals surface area contributed by atoms with Crippen LogP contribution >= 0.6 is 0 Å². The Kier molecular flexibility index (Phi) is 4.29. The van der Waals surface area contributed by atoms with Crippen molar-refractivity contribution in [3.63, 3.8) is 0 Å². The van der Waals surface area contributed by atoms with Crippen molar-refractivity contribution in [2.45, 2.75) is 19.0 Å². The Bertz CT molecular complexity index is 820. The quantitative estimate of drug-likeness (QED) is 0.915. The maximum atomic E-state index is 12.8. The second-order valence-electron chi connectivity index (χ2n) is 5.68. The minimum absolute atomic E-state index is 0.0952. The average molecular weight is 323 g/mol. The number of fused-ring (bicyclic) bond motifs is 1. The van der Waals surface area contributed by atoms with Crippen molar-refractivity contribution in [2.24, 2.45) is 0 Å². The Balaban J connectivity index is 1.85. The van der Waals surface area contributed by atoms with Gasteiger partial charge in [-0.2, -0.15) is 10.4 Å². The standard InChI is InChI=1S/C17H17N5O2/c1-19-16(23)8-15-11-21(10-14-5-6-20-22(14)15)17(24)13-4-2-3-12(7-13)9-18/h2-7,15H,8,10-11H2,1H3,(H,19,23). The highest BCUT2D eigenvalue weighted by Crippen LogP contribution is 2.24. The summed E-state index contributed by atoms with van der Waals surface area (Å²) >= 11 is 0. The van der Waals surface area contributed by atoms with Gasteiger partial charge in [0.15, 0.2) is 0 Å². The van der Waals surface area contributed by atoms with Crippen molar-refractivity contribution in [1.82, 2.24) is 20.0 Å². The molecular formula is C17H17N5O2. The summed E-state index contributed by atoms with van der Waals surface area (Å²) in [6.07, 6.45) is 1.93. The van der Waals surface area contributed by atoms with Gasteiger partial charge in [-0.1, -0.05) is 6.07 Å². The van der Waals surface area contributed by atoms with Gasteiger partial charge in [0.25, 0.3) is 5.91 Å². The molecule has 1 unspecified atom stereocenters. The van der Waals surface area contributed by atoms with Crippen LogP contribution in [-0.4, -0.2) is 40.1 Å². The number of benzene rings is 1. The fourth-order valence-electron chi connectivity index (χ4n) is 2.91. The molecule has 7 heteroatoms. The van der Waals surface area contributed by atoms with Gasteiger partial charge in [-0.15, -0.1) is 0 Å². The number of carbonyl (C=O) groups excluding carboxylic acids is 2. The third kappa shape index (κ3) is 2.99. The molecular weight excluding hydrogens is 306 g/mol. The number of nitrogens with one attached hydrogen (secondary N) is 1. The summed E-state index contributed by atoms with van der Waals surface area (Å²) in [5, 5.41) is 15.9. The lowest BCUT2D eigenvalue weighted by Crippen LogP contribution is -2.42. The van der Waals surface area contributed by atoms with Gasteiger partial charge < -0.3 is 10.2 Å². The molecule has 0 fully saturated rings. The van der Waals surface area contributed by atoms with Crippen molar-refractivity contribution in [3.8, 4) is 6.07 Å². The topological polar surface area (TPSA) is 91.0 Å². The van der Waals surface area contributed by atoms with Crippen molar-refractivity contribution in [1.29, 1.82) is 5.26 Å². The van der Waals surface area contributed by atoms with Crippen LogP contribution in [0, 0.1) is 11.3 Å². The molecule has 3 rings (SSSR count). The van der Waals surface area contributed by atoms with Gasteiger partial charge in [-0.05, 0) is 24.3 Å². The molecule has 24 heavy (non-hydrogen) atoms. The zero-order chi connectivity index (χ0) is 17.1. The molecule has 2 aromatic rings. The van der Waals surface area contributed by atoms with Crippen LogP contribution in [0.2, 0.25) is 0 Å². The zero-order valence-electron chi connectivity index (χ0n) is 13.3. The first-order chi connectivity index (χ1) is 11.6. The molecule has 2 amide bonds. The molecule has 1 N–H and O–H groups in total. The van der Waals surface area contributed by atoms with Gasteiger partial charge in [-0.25, -0.2) is 0 Å². The number of hydrogen-bond donors (Lipinski definition) is 1. The van der Waals surface area contributed by atoms with Crippen LogP contribution in [-0.2, 0) is 11.3 Å². The lowest BCUT2D eigenvalue weighted by Gasteiger charge is -2.33. The molecule has 1 aliphatic rings. The average Bonchev–Trinajstić information content (AvgIpc) is 3.09. The molecule has 122 valence electrons. The molecule has 1 aliphatic heterocycles. The van der Waals surface area contributed by atoms with Gasteiger partial charge in [-0.3, -0.25) is 14.3 Å². The molecule has 1 aromatic carbocycles. The maximum Gasteiger partial charge on any atom is 0.254 e. The summed E-state index contributed by atoms with van der Waals surface area (Å²) in [5.74, 6) is -0.247. The Morgan fingerprint density at radius 3 is 3.00 bits per heavy atom. The van der Waals surface area contributed by atoms with Gasteiger partial charge in [0, 0.05) is 25.4 Å². The summed E-state index contributed by atoms with van der Waals surface area (Å²) in [6, 6.07) is 10.3. The van der Waals surface area contributed by atoms with E-state index in [4.69, 9.17) is 5.26 Å². The van der Waals surface area contributed by atoms with Crippen LogP contribution in [0.5, 0.6) is 0 Å². The minimum atomic E-state index is -0.202. The zero-order valence-corrected chi connectivity index (χ0v) is 13.3. The van der Waals surface area contributed by atoms with Crippen LogP contribution in [0.15, 0.2) is 36.5 Å². The molecule has 0 spiro atoms. The van der Waals surface area contributed by atoms with Crippen LogP contribution in [0.25, 0.3) is 0 Å². The van der Waals surface area contributed by atoms with E-state index in [0.29, 0.717) is 24.2 Å². The summed E-state index contributed by atoms with van der Waals surface area (Å²) in [4.78, 5) is 26.2. The lowest BCUT2D eigenvalue weighted by atomic mass is 10.1. The van der Waals surface area contributed by atoms with E-state index in [2.05, 4.69) is 10.4 Å². The van der Waals surface area contributed by atoms with Gasteiger partial charge in [0.1, 0.15) is 0 Å². The second kappa shape index (κ2) is 6.54. The van der Waals surface area contributed by atoms with Crippen molar-refractivity contribution < 1.29 is 9.59 Å². The predicted octanol–water partition coefficient (Wildman–Crippen LogP) is 1.09. The Morgan fingerprint density at radius 2 is 2.25 bits per heavy atom. The maximum absolute atomic E-state index is 12.8. The smallest absolute Gasteiger partial charge is 0.254 e. The molecule has 0 saturated carbocycles. The van der Waals surface area contributed by atoms with E-state index < -0.39 is 0 Å². The van der Waals surface area contributed by atoms with E-state index in [9.17, 15) is 9.59 Å². The van der Waals surface area contributed by atoms with Crippen LogP contribution in [0.1, 0.15) is 34.1 Å². The fraction of sp³-hybridized carbons (Fsp3) is 0.294. The Hall–Kier alpha value is -3.14.